The van der Waals surface area contributed by atoms with Gasteiger partial charge in [-0.3, -0.25) is 19.9 Å². The zero-order valence-corrected chi connectivity index (χ0v) is 56.1. The monoisotopic (exact) mass is 1330 g/mol. The number of benzene rings is 11. The lowest BCUT2D eigenvalue weighted by Gasteiger charge is -2.14. The molecule has 0 aliphatic heterocycles. The van der Waals surface area contributed by atoms with Gasteiger partial charge in [0.25, 0.3) is 0 Å². The van der Waals surface area contributed by atoms with Crippen molar-refractivity contribution < 1.29 is 0 Å². The molecule has 0 N–H and O–H groups in total. The third-order valence-corrected chi connectivity index (χ3v) is 19.6. The normalized spacial score (nSPS) is 11.5. The highest BCUT2D eigenvalue weighted by molar-refractivity contribution is 6.18. The van der Waals surface area contributed by atoms with E-state index in [-0.39, 0.29) is 0 Å². The highest BCUT2D eigenvalue weighted by Gasteiger charge is 2.20. The van der Waals surface area contributed by atoms with E-state index in [4.69, 9.17) is 24.9 Å². The molecule has 20 rings (SSSR count). The van der Waals surface area contributed by atoms with Crippen molar-refractivity contribution in [2.24, 2.45) is 0 Å². The SMILES string of the molecule is c1ccc(-c2c3ccccc3nc3c2ccc2ccc(-c4ccc5c(ccc6cc(-c7cc(-c8ccccn8)cc(-c8ccccn8)c7)ccc65)c4)nc23)cc1.c1ccc(-c2c3ccccc3nc3c2ccc2ccc(-c4cccc(-c5cc(-c6ccccn6)cc(-c6ccccn6)c5)n4)nc23)cc1. The van der Waals surface area contributed by atoms with Crippen LogP contribution in [0.3, 0.4) is 0 Å². The molecule has 0 aliphatic carbocycles. The fraction of sp³-hybridized carbons (Fsp3) is 0. The van der Waals surface area contributed by atoms with Crippen molar-refractivity contribution in [3.05, 3.63) is 358 Å². The Bertz CT molecular complexity index is 6590. The number of hydrogen-bond donors (Lipinski definition) is 0. The van der Waals surface area contributed by atoms with E-state index in [1.807, 2.05) is 122 Å². The first-order valence-electron chi connectivity index (χ1n) is 34.8. The van der Waals surface area contributed by atoms with Gasteiger partial charge in [0, 0.05) is 102 Å². The number of para-hydroxylation sites is 2. The Morgan fingerprint density at radius 2 is 0.500 bits per heavy atom. The van der Waals surface area contributed by atoms with E-state index in [1.165, 1.54) is 38.2 Å². The largest absolute Gasteiger partial charge is 0.256 e. The van der Waals surface area contributed by atoms with Gasteiger partial charge in [0.15, 0.2) is 0 Å². The summed E-state index contributed by atoms with van der Waals surface area (Å²) in [5.74, 6) is 0. The molecule has 0 saturated carbocycles. The Labute approximate surface area is 598 Å². The van der Waals surface area contributed by atoms with Crippen LogP contribution in [0.15, 0.2) is 358 Å². The maximum atomic E-state index is 5.32. The summed E-state index contributed by atoms with van der Waals surface area (Å²) < 4.78 is 0. The summed E-state index contributed by atoms with van der Waals surface area (Å²) in [6, 6.07) is 116. The molecule has 0 atom stereocenters. The van der Waals surface area contributed by atoms with Gasteiger partial charge in [-0.15, -0.1) is 0 Å². The van der Waals surface area contributed by atoms with E-state index in [0.29, 0.717) is 0 Å². The van der Waals surface area contributed by atoms with Gasteiger partial charge in [-0.2, -0.15) is 0 Å². The predicted octanol–water partition coefficient (Wildman–Crippen LogP) is 23.8. The third-order valence-electron chi connectivity index (χ3n) is 19.6. The van der Waals surface area contributed by atoms with Crippen molar-refractivity contribution in [1.82, 2.24) is 44.9 Å². The molecule has 0 amide bonds. The summed E-state index contributed by atoms with van der Waals surface area (Å²) in [4.78, 5) is 44.7. The van der Waals surface area contributed by atoms with Crippen LogP contribution in [0.1, 0.15) is 0 Å². The first kappa shape index (κ1) is 61.0. The molecule has 0 spiro atoms. The van der Waals surface area contributed by atoms with Crippen molar-refractivity contribution in [3.8, 4) is 112 Å². The predicted molar refractivity (Wildman–Crippen MR) is 427 cm³/mol. The summed E-state index contributed by atoms with van der Waals surface area (Å²) in [6.07, 6.45) is 7.31. The minimum Gasteiger partial charge on any atom is -0.256 e. The fourth-order valence-electron chi connectivity index (χ4n) is 14.7. The topological polar surface area (TPSA) is 116 Å². The van der Waals surface area contributed by atoms with Gasteiger partial charge in [0.05, 0.1) is 78.7 Å². The van der Waals surface area contributed by atoms with Crippen molar-refractivity contribution >= 4 is 87.0 Å². The lowest BCUT2D eigenvalue weighted by Crippen LogP contribution is -1.95. The lowest BCUT2D eigenvalue weighted by atomic mass is 9.93. The van der Waals surface area contributed by atoms with Gasteiger partial charge in [-0.1, -0.05) is 200 Å². The van der Waals surface area contributed by atoms with Crippen LogP contribution in [0.25, 0.3) is 199 Å². The van der Waals surface area contributed by atoms with Crippen LogP contribution in [0.4, 0.5) is 0 Å². The average Bonchev–Trinajstić information content (AvgIpc) is 0.747. The van der Waals surface area contributed by atoms with Crippen molar-refractivity contribution in [3.63, 3.8) is 0 Å². The standard InChI is InChI=1S/C52H32N4.C43H27N5/c1-2-10-33(11-3-1)50-44-12-4-5-15-49(44)56-52-45(50)24-18-34-21-25-48(55-51(34)52)38-20-23-43-37(29-38)17-16-36-28-35(19-22-42(36)43)39-30-40(46-13-6-8-26-53-46)32-41(31-39)47-14-7-9-27-54-47;1-2-11-28(12-3-1)41-33-13-4-5-16-38(33)47-43-34(41)21-19-29-20-22-40(48-42(29)43)39-18-10-17-37(46-39)32-26-30(35-14-6-8-23-44-35)25-31(27-32)36-15-7-9-24-45-36/h1-32H;1-27H. The molecule has 0 radical (unpaired) electrons. The Balaban J connectivity index is 0.000000145. The quantitative estimate of drug-likeness (QED) is 0.0975. The Morgan fingerprint density at radius 1 is 0.154 bits per heavy atom. The molecule has 0 aliphatic rings. The van der Waals surface area contributed by atoms with E-state index in [9.17, 15) is 0 Å². The molecular formula is C95H59N9. The van der Waals surface area contributed by atoms with Gasteiger partial charge in [0.1, 0.15) is 0 Å². The average molecular weight is 1330 g/mol. The smallest absolute Gasteiger partial charge is 0.0978 e. The van der Waals surface area contributed by atoms with E-state index >= 15 is 0 Å². The fourth-order valence-corrected chi connectivity index (χ4v) is 14.7. The van der Waals surface area contributed by atoms with Crippen molar-refractivity contribution in [2.45, 2.75) is 0 Å². The molecule has 0 fully saturated rings. The summed E-state index contributed by atoms with van der Waals surface area (Å²) in [5.41, 5.74) is 25.6. The minimum absolute atomic E-state index is 0.790. The second kappa shape index (κ2) is 26.2. The first-order valence-corrected chi connectivity index (χ1v) is 34.8. The summed E-state index contributed by atoms with van der Waals surface area (Å²) in [7, 11) is 0. The van der Waals surface area contributed by atoms with E-state index in [2.05, 4.69) is 257 Å². The molecular weight excluding hydrogens is 1270 g/mol. The van der Waals surface area contributed by atoms with Crippen LogP contribution in [0.2, 0.25) is 0 Å². The van der Waals surface area contributed by atoms with Gasteiger partial charge in [0.2, 0.25) is 0 Å². The van der Waals surface area contributed by atoms with E-state index in [1.54, 1.807) is 0 Å². The van der Waals surface area contributed by atoms with Gasteiger partial charge in [-0.05, 0) is 177 Å². The van der Waals surface area contributed by atoms with Crippen molar-refractivity contribution in [2.75, 3.05) is 0 Å². The summed E-state index contributed by atoms with van der Waals surface area (Å²) >= 11 is 0. The number of hydrogen-bond acceptors (Lipinski definition) is 9. The Morgan fingerprint density at radius 3 is 0.981 bits per heavy atom. The highest BCUT2D eigenvalue weighted by atomic mass is 14.8. The maximum Gasteiger partial charge on any atom is 0.0978 e. The molecule has 9 aromatic heterocycles. The number of pyridine rings is 9. The number of fused-ring (bicyclic) bond motifs is 11. The molecule has 9 heterocycles. The second-order valence-corrected chi connectivity index (χ2v) is 26.0. The number of rotatable bonds is 10. The van der Waals surface area contributed by atoms with Crippen LogP contribution in [-0.2, 0) is 0 Å². The molecule has 0 saturated heterocycles. The molecule has 11 aromatic carbocycles. The summed E-state index contributed by atoms with van der Waals surface area (Å²) in [6.45, 7) is 0. The number of aromatic nitrogens is 9. The van der Waals surface area contributed by atoms with Gasteiger partial charge < -0.3 is 0 Å². The van der Waals surface area contributed by atoms with Gasteiger partial charge >= 0.3 is 0 Å². The van der Waals surface area contributed by atoms with Crippen LogP contribution < -0.4 is 0 Å². The first-order chi connectivity index (χ1) is 51.5. The molecule has 9 nitrogen and oxygen atoms in total. The Kier molecular flexibility index (Phi) is 15.3. The lowest BCUT2D eigenvalue weighted by molar-refractivity contribution is 1.27. The third kappa shape index (κ3) is 11.4. The summed E-state index contributed by atoms with van der Waals surface area (Å²) in [5, 5.41) is 11.3. The van der Waals surface area contributed by atoms with E-state index in [0.717, 1.165) is 161 Å². The molecule has 20 aromatic rings. The minimum atomic E-state index is 0.790. The zero-order chi connectivity index (χ0) is 68.9. The highest BCUT2D eigenvalue weighted by Crippen LogP contribution is 2.42. The molecule has 0 bridgehead atoms. The van der Waals surface area contributed by atoms with E-state index < -0.39 is 0 Å². The molecule has 9 heteroatoms. The Hall–Kier alpha value is -14.2. The van der Waals surface area contributed by atoms with Crippen LogP contribution >= 0.6 is 0 Å². The van der Waals surface area contributed by atoms with Gasteiger partial charge in [-0.25, -0.2) is 24.9 Å². The molecule has 0 unspecified atom stereocenters. The van der Waals surface area contributed by atoms with Crippen molar-refractivity contribution in [1.29, 1.82) is 0 Å². The van der Waals surface area contributed by atoms with Crippen LogP contribution in [0, 0.1) is 0 Å². The second-order valence-electron chi connectivity index (χ2n) is 26.0. The zero-order valence-electron chi connectivity index (χ0n) is 56.1. The number of nitrogens with zero attached hydrogens (tertiary/aromatic N) is 9. The van der Waals surface area contributed by atoms with Crippen LogP contribution in [0.5, 0.6) is 0 Å². The van der Waals surface area contributed by atoms with Crippen LogP contribution in [-0.4, -0.2) is 44.9 Å². The molecule has 484 valence electrons. The molecule has 104 heavy (non-hydrogen) atoms. The maximum absolute atomic E-state index is 5.32.